The first-order chi connectivity index (χ1) is 7.93. The van der Waals surface area contributed by atoms with Gasteiger partial charge < -0.3 is 14.6 Å². The van der Waals surface area contributed by atoms with Gasteiger partial charge in [-0.3, -0.25) is 4.79 Å². The summed E-state index contributed by atoms with van der Waals surface area (Å²) in [6, 6.07) is 3.52. The Labute approximate surface area is 96.8 Å². The van der Waals surface area contributed by atoms with Crippen LogP contribution in [-0.4, -0.2) is 30.1 Å². The lowest BCUT2D eigenvalue weighted by molar-refractivity contribution is -0.131. The first kappa shape index (κ1) is 12.7. The van der Waals surface area contributed by atoms with Crippen molar-refractivity contribution in [1.82, 2.24) is 0 Å². The predicted molar refractivity (Wildman–Crippen MR) is 56.0 cm³/mol. The van der Waals surface area contributed by atoms with Crippen LogP contribution < -0.4 is 4.74 Å². The Bertz CT molecular complexity index is 477. The Morgan fingerprint density at radius 1 is 1.12 bits per heavy atom. The topological polar surface area (TPSA) is 89.9 Å². The maximum absolute atomic E-state index is 11.3. The van der Waals surface area contributed by atoms with E-state index >= 15 is 0 Å². The van der Waals surface area contributed by atoms with Crippen molar-refractivity contribution in [1.29, 1.82) is 0 Å². The van der Waals surface area contributed by atoms with Crippen molar-refractivity contribution in [3.63, 3.8) is 0 Å². The number of ether oxygens (including phenoxy) is 2. The van der Waals surface area contributed by atoms with Crippen molar-refractivity contribution in [2.45, 2.75) is 6.92 Å². The molecule has 6 nitrogen and oxygen atoms in total. The largest absolute Gasteiger partial charge is 0.478 e. The second-order valence-corrected chi connectivity index (χ2v) is 3.14. The monoisotopic (exact) mass is 238 g/mol. The summed E-state index contributed by atoms with van der Waals surface area (Å²) in [5, 5.41) is 8.83. The van der Waals surface area contributed by atoms with Crippen LogP contribution in [0.25, 0.3) is 0 Å². The lowest BCUT2D eigenvalue weighted by Gasteiger charge is -2.05. The van der Waals surface area contributed by atoms with Crippen LogP contribution in [0.15, 0.2) is 18.2 Å². The molecule has 1 rings (SSSR count). The fourth-order valence-electron chi connectivity index (χ4n) is 1.18. The molecule has 0 aliphatic carbocycles. The third kappa shape index (κ3) is 3.30. The van der Waals surface area contributed by atoms with Gasteiger partial charge in [0.2, 0.25) is 0 Å². The average Bonchev–Trinajstić information content (AvgIpc) is 2.26. The first-order valence-electron chi connectivity index (χ1n) is 4.59. The molecule has 1 N–H and O–H groups in total. The second-order valence-electron chi connectivity index (χ2n) is 3.14. The lowest BCUT2D eigenvalue weighted by atomic mass is 10.1. The number of carboxylic acid groups (broad SMARTS) is 1. The number of carboxylic acids is 1. The minimum Gasteiger partial charge on any atom is -0.478 e. The van der Waals surface area contributed by atoms with Crippen molar-refractivity contribution in [3.05, 3.63) is 29.3 Å². The molecule has 90 valence electrons. The fourth-order valence-corrected chi connectivity index (χ4v) is 1.18. The van der Waals surface area contributed by atoms with E-state index in [0.717, 1.165) is 12.1 Å². The maximum atomic E-state index is 11.3. The van der Waals surface area contributed by atoms with Gasteiger partial charge in [-0.2, -0.15) is 0 Å². The summed E-state index contributed by atoms with van der Waals surface area (Å²) in [5.41, 5.74) is -0.159. The zero-order valence-electron chi connectivity index (χ0n) is 9.22. The Kier molecular flexibility index (Phi) is 3.82. The summed E-state index contributed by atoms with van der Waals surface area (Å²) >= 11 is 0. The predicted octanol–water partition coefficient (Wildman–Crippen LogP) is 1.10. The van der Waals surface area contributed by atoms with Crippen LogP contribution in [-0.2, 0) is 9.53 Å². The number of hydrogen-bond donors (Lipinski definition) is 1. The molecule has 0 radical (unpaired) electrons. The Morgan fingerprint density at radius 2 is 1.71 bits per heavy atom. The van der Waals surface area contributed by atoms with Crippen LogP contribution >= 0.6 is 0 Å². The Balaban J connectivity index is 3.23. The number of aromatic carboxylic acids is 1. The third-order valence-electron chi connectivity index (χ3n) is 1.84. The molecule has 0 bridgehead atoms. The van der Waals surface area contributed by atoms with Crippen LogP contribution in [0.2, 0.25) is 0 Å². The minimum absolute atomic E-state index is 0.00338. The summed E-state index contributed by atoms with van der Waals surface area (Å²) in [4.78, 5) is 32.8. The van der Waals surface area contributed by atoms with E-state index in [-0.39, 0.29) is 16.9 Å². The number of carbonyl (C=O) groups excluding carboxylic acids is 2. The van der Waals surface area contributed by atoms with Gasteiger partial charge in [0, 0.05) is 6.92 Å². The van der Waals surface area contributed by atoms with E-state index in [1.807, 2.05) is 0 Å². The van der Waals surface area contributed by atoms with Crippen molar-refractivity contribution in [3.8, 4) is 5.75 Å². The Hall–Kier alpha value is -2.37. The van der Waals surface area contributed by atoms with Gasteiger partial charge in [0.25, 0.3) is 0 Å². The fraction of sp³-hybridized carbons (Fsp3) is 0.182. The summed E-state index contributed by atoms with van der Waals surface area (Å²) in [6.45, 7) is 1.17. The average molecular weight is 238 g/mol. The van der Waals surface area contributed by atoms with Crippen LogP contribution in [0.3, 0.4) is 0 Å². The molecule has 17 heavy (non-hydrogen) atoms. The highest BCUT2D eigenvalue weighted by molar-refractivity contribution is 5.95. The summed E-state index contributed by atoms with van der Waals surface area (Å²) < 4.78 is 9.19. The molecule has 1 aromatic carbocycles. The molecule has 0 atom stereocenters. The number of esters is 2. The van der Waals surface area contributed by atoms with Gasteiger partial charge in [0.05, 0.1) is 18.2 Å². The smallest absolute Gasteiger partial charge is 0.338 e. The van der Waals surface area contributed by atoms with Crippen LogP contribution in [0.4, 0.5) is 0 Å². The van der Waals surface area contributed by atoms with E-state index < -0.39 is 17.9 Å². The zero-order valence-corrected chi connectivity index (χ0v) is 9.22. The van der Waals surface area contributed by atoms with E-state index in [0.29, 0.717) is 0 Å². The number of rotatable bonds is 3. The molecule has 0 aliphatic rings. The number of methoxy groups -OCH3 is 1. The van der Waals surface area contributed by atoms with Gasteiger partial charge in [-0.1, -0.05) is 0 Å². The van der Waals surface area contributed by atoms with E-state index in [9.17, 15) is 14.4 Å². The van der Waals surface area contributed by atoms with Crippen LogP contribution in [0.5, 0.6) is 5.75 Å². The van der Waals surface area contributed by atoms with Crippen molar-refractivity contribution < 1.29 is 29.0 Å². The molecule has 0 amide bonds. The van der Waals surface area contributed by atoms with Gasteiger partial charge >= 0.3 is 17.9 Å². The minimum atomic E-state index is -1.23. The number of benzene rings is 1. The summed E-state index contributed by atoms with van der Waals surface area (Å²) in [5.74, 6) is -2.56. The van der Waals surface area contributed by atoms with Crippen molar-refractivity contribution >= 4 is 17.9 Å². The molecule has 6 heteroatoms. The van der Waals surface area contributed by atoms with E-state index in [4.69, 9.17) is 9.84 Å². The Morgan fingerprint density at radius 3 is 2.18 bits per heavy atom. The standard InChI is InChI=1S/C11H10O6/c1-6(12)17-9-4-7(10(13)14)3-8(5-9)11(15)16-2/h3-5H,1-2H3,(H,13,14). The second kappa shape index (κ2) is 5.11. The molecular weight excluding hydrogens is 228 g/mol. The lowest BCUT2D eigenvalue weighted by Crippen LogP contribution is -2.08. The highest BCUT2D eigenvalue weighted by Gasteiger charge is 2.14. The number of hydrogen-bond acceptors (Lipinski definition) is 5. The maximum Gasteiger partial charge on any atom is 0.338 e. The number of carbonyl (C=O) groups is 3. The van der Waals surface area contributed by atoms with Crippen LogP contribution in [0, 0.1) is 0 Å². The van der Waals surface area contributed by atoms with E-state index in [2.05, 4.69) is 4.74 Å². The van der Waals surface area contributed by atoms with Gasteiger partial charge in [0.1, 0.15) is 5.75 Å². The van der Waals surface area contributed by atoms with Gasteiger partial charge in [-0.15, -0.1) is 0 Å². The molecule has 0 unspecified atom stereocenters. The molecule has 0 saturated heterocycles. The normalized spacial score (nSPS) is 9.53. The van der Waals surface area contributed by atoms with Crippen molar-refractivity contribution in [2.24, 2.45) is 0 Å². The van der Waals surface area contributed by atoms with E-state index in [1.54, 1.807) is 0 Å². The van der Waals surface area contributed by atoms with Gasteiger partial charge in [0.15, 0.2) is 0 Å². The highest BCUT2D eigenvalue weighted by atomic mass is 16.5. The summed E-state index contributed by atoms with van der Waals surface area (Å²) in [6.07, 6.45) is 0. The molecule has 0 saturated carbocycles. The SMILES string of the molecule is COC(=O)c1cc(OC(C)=O)cc(C(=O)O)c1. The molecule has 0 spiro atoms. The zero-order chi connectivity index (χ0) is 13.0. The van der Waals surface area contributed by atoms with Gasteiger partial charge in [-0.25, -0.2) is 9.59 Å². The van der Waals surface area contributed by atoms with Gasteiger partial charge in [-0.05, 0) is 18.2 Å². The van der Waals surface area contributed by atoms with Crippen molar-refractivity contribution in [2.75, 3.05) is 7.11 Å². The summed E-state index contributed by atoms with van der Waals surface area (Å²) in [7, 11) is 1.17. The van der Waals surface area contributed by atoms with Crippen LogP contribution in [0.1, 0.15) is 27.6 Å². The molecule has 0 heterocycles. The molecule has 0 aliphatic heterocycles. The molecular formula is C11H10O6. The first-order valence-corrected chi connectivity index (χ1v) is 4.59. The third-order valence-corrected chi connectivity index (χ3v) is 1.84. The van der Waals surface area contributed by atoms with E-state index in [1.165, 1.54) is 20.1 Å². The quantitative estimate of drug-likeness (QED) is 0.626. The molecule has 1 aromatic rings. The molecule has 0 fully saturated rings. The highest BCUT2D eigenvalue weighted by Crippen LogP contribution is 2.18. The molecule has 0 aromatic heterocycles.